The summed E-state index contributed by atoms with van der Waals surface area (Å²) in [5, 5.41) is 9.62. The van der Waals surface area contributed by atoms with E-state index in [9.17, 15) is 4.79 Å². The fourth-order valence-corrected chi connectivity index (χ4v) is 2.08. The van der Waals surface area contributed by atoms with Crippen LogP contribution in [0.5, 0.6) is 0 Å². The number of benzene rings is 1. The lowest BCUT2D eigenvalue weighted by Gasteiger charge is -2.20. The average molecular weight is 292 g/mol. The van der Waals surface area contributed by atoms with Crippen molar-refractivity contribution >= 4 is 29.1 Å². The van der Waals surface area contributed by atoms with E-state index in [0.29, 0.717) is 23.1 Å². The van der Waals surface area contributed by atoms with Gasteiger partial charge in [0.25, 0.3) is 0 Å². The molecule has 0 aliphatic rings. The quantitative estimate of drug-likeness (QED) is 0.905. The zero-order chi connectivity index (χ0) is 14.7. The van der Waals surface area contributed by atoms with Gasteiger partial charge in [-0.2, -0.15) is 0 Å². The Hall–Kier alpha value is -2.27. The number of aromatic nitrogens is 1. The number of halogens is 1. The summed E-state index contributed by atoms with van der Waals surface area (Å²) in [6.07, 6.45) is 0. The summed E-state index contributed by atoms with van der Waals surface area (Å²) in [6.45, 7) is 0.529. The second kappa shape index (κ2) is 5.79. The zero-order valence-corrected chi connectivity index (χ0v) is 11.6. The Morgan fingerprint density at radius 1 is 1.40 bits per heavy atom. The molecule has 0 aliphatic heterocycles. The molecule has 6 heteroatoms. The number of carbonyl (C=O) groups is 1. The molecule has 1 aromatic heterocycles. The van der Waals surface area contributed by atoms with Crippen LogP contribution in [-0.2, 0) is 6.54 Å². The van der Waals surface area contributed by atoms with Crippen LogP contribution >= 0.6 is 11.6 Å². The van der Waals surface area contributed by atoms with Gasteiger partial charge in [-0.25, -0.2) is 9.78 Å². The Balaban J connectivity index is 2.26. The van der Waals surface area contributed by atoms with E-state index in [4.69, 9.17) is 22.4 Å². The van der Waals surface area contributed by atoms with Gasteiger partial charge in [0.2, 0.25) is 0 Å². The van der Waals surface area contributed by atoms with Crippen molar-refractivity contribution in [2.45, 2.75) is 6.54 Å². The van der Waals surface area contributed by atoms with Crippen molar-refractivity contribution in [3.8, 4) is 0 Å². The first-order valence-electron chi connectivity index (χ1n) is 5.93. The van der Waals surface area contributed by atoms with Crippen LogP contribution in [0, 0.1) is 0 Å². The zero-order valence-electron chi connectivity index (χ0n) is 10.9. The van der Waals surface area contributed by atoms with Gasteiger partial charge in [0.05, 0.1) is 5.69 Å². The molecular formula is C14H14ClN3O2. The van der Waals surface area contributed by atoms with E-state index < -0.39 is 5.97 Å². The number of pyridine rings is 1. The standard InChI is InChI=1S/C14H14ClN3O2/c1-18(8-9-3-2-4-10(15)7-9)13-11(16)5-6-12(17-13)14(19)20/h2-7H,8,16H2,1H3,(H,19,20). The van der Waals surface area contributed by atoms with Gasteiger partial charge in [-0.1, -0.05) is 23.7 Å². The van der Waals surface area contributed by atoms with Crippen molar-refractivity contribution in [1.29, 1.82) is 0 Å². The molecule has 0 unspecified atom stereocenters. The average Bonchev–Trinajstić information content (AvgIpc) is 2.38. The molecule has 2 aromatic rings. The molecule has 0 saturated carbocycles. The predicted octanol–water partition coefficient (Wildman–Crippen LogP) is 2.65. The van der Waals surface area contributed by atoms with Crippen molar-refractivity contribution in [3.05, 3.63) is 52.7 Å². The third-order valence-corrected chi connectivity index (χ3v) is 3.03. The van der Waals surface area contributed by atoms with Gasteiger partial charge in [0.1, 0.15) is 0 Å². The lowest BCUT2D eigenvalue weighted by molar-refractivity contribution is 0.0690. The summed E-state index contributed by atoms with van der Waals surface area (Å²) in [6, 6.07) is 10.3. The van der Waals surface area contributed by atoms with Gasteiger partial charge in [-0.05, 0) is 29.8 Å². The first-order valence-corrected chi connectivity index (χ1v) is 6.30. The summed E-state index contributed by atoms with van der Waals surface area (Å²) in [4.78, 5) is 16.8. The highest BCUT2D eigenvalue weighted by molar-refractivity contribution is 6.30. The number of hydrogen-bond donors (Lipinski definition) is 2. The Bertz CT molecular complexity index is 646. The number of carboxylic acid groups (broad SMARTS) is 1. The van der Waals surface area contributed by atoms with Crippen molar-refractivity contribution < 1.29 is 9.90 Å². The van der Waals surface area contributed by atoms with Crippen LogP contribution in [0.15, 0.2) is 36.4 Å². The van der Waals surface area contributed by atoms with Crippen molar-refractivity contribution in [3.63, 3.8) is 0 Å². The second-order valence-electron chi connectivity index (χ2n) is 4.40. The van der Waals surface area contributed by atoms with E-state index in [1.54, 1.807) is 24.1 Å². The molecule has 0 amide bonds. The summed E-state index contributed by atoms with van der Waals surface area (Å²) in [5.41, 5.74) is 7.23. The monoisotopic (exact) mass is 291 g/mol. The highest BCUT2D eigenvalue weighted by atomic mass is 35.5. The van der Waals surface area contributed by atoms with Gasteiger partial charge < -0.3 is 15.7 Å². The minimum atomic E-state index is -1.08. The second-order valence-corrected chi connectivity index (χ2v) is 4.84. The number of aromatic carboxylic acids is 1. The van der Waals surface area contributed by atoms with Crippen LogP contribution in [-0.4, -0.2) is 23.1 Å². The fraction of sp³-hybridized carbons (Fsp3) is 0.143. The van der Waals surface area contributed by atoms with Gasteiger partial charge >= 0.3 is 5.97 Å². The molecule has 3 N–H and O–H groups in total. The molecule has 20 heavy (non-hydrogen) atoms. The first-order chi connectivity index (χ1) is 9.47. The smallest absolute Gasteiger partial charge is 0.354 e. The van der Waals surface area contributed by atoms with E-state index >= 15 is 0 Å². The highest BCUT2D eigenvalue weighted by Gasteiger charge is 2.12. The van der Waals surface area contributed by atoms with Crippen LogP contribution in [0.25, 0.3) is 0 Å². The van der Waals surface area contributed by atoms with Crippen molar-refractivity contribution in [2.75, 3.05) is 17.7 Å². The van der Waals surface area contributed by atoms with Gasteiger partial charge in [-0.3, -0.25) is 0 Å². The van der Waals surface area contributed by atoms with Crippen LogP contribution < -0.4 is 10.6 Å². The Labute approximate surface area is 121 Å². The molecule has 0 saturated heterocycles. The van der Waals surface area contributed by atoms with E-state index in [2.05, 4.69) is 4.98 Å². The largest absolute Gasteiger partial charge is 0.477 e. The normalized spacial score (nSPS) is 10.3. The molecule has 2 rings (SSSR count). The van der Waals surface area contributed by atoms with E-state index in [1.807, 2.05) is 18.2 Å². The molecule has 0 spiro atoms. The number of nitrogen functional groups attached to an aromatic ring is 1. The molecule has 0 atom stereocenters. The Morgan fingerprint density at radius 3 is 2.80 bits per heavy atom. The molecule has 1 aromatic carbocycles. The van der Waals surface area contributed by atoms with E-state index in [-0.39, 0.29) is 5.69 Å². The molecule has 0 radical (unpaired) electrons. The highest BCUT2D eigenvalue weighted by Crippen LogP contribution is 2.22. The van der Waals surface area contributed by atoms with Crippen LogP contribution in [0.1, 0.15) is 16.1 Å². The van der Waals surface area contributed by atoms with E-state index in [0.717, 1.165) is 5.56 Å². The maximum absolute atomic E-state index is 11.0. The van der Waals surface area contributed by atoms with Crippen LogP contribution in [0.2, 0.25) is 5.02 Å². The summed E-state index contributed by atoms with van der Waals surface area (Å²) < 4.78 is 0. The predicted molar refractivity (Wildman–Crippen MR) is 79.2 cm³/mol. The molecule has 104 valence electrons. The Kier molecular flexibility index (Phi) is 4.10. The molecule has 0 aliphatic carbocycles. The molecule has 5 nitrogen and oxygen atoms in total. The van der Waals surface area contributed by atoms with E-state index in [1.165, 1.54) is 6.07 Å². The summed E-state index contributed by atoms with van der Waals surface area (Å²) >= 11 is 5.94. The third-order valence-electron chi connectivity index (χ3n) is 2.79. The number of anilines is 2. The number of carboxylic acids is 1. The van der Waals surface area contributed by atoms with Crippen molar-refractivity contribution in [2.24, 2.45) is 0 Å². The number of nitrogens with zero attached hydrogens (tertiary/aromatic N) is 2. The van der Waals surface area contributed by atoms with Gasteiger partial charge in [0.15, 0.2) is 11.5 Å². The fourth-order valence-electron chi connectivity index (χ4n) is 1.87. The third kappa shape index (κ3) is 3.19. The topological polar surface area (TPSA) is 79.5 Å². The number of nitrogens with two attached hydrogens (primary N) is 1. The molecular weight excluding hydrogens is 278 g/mol. The van der Waals surface area contributed by atoms with Gasteiger partial charge in [-0.15, -0.1) is 0 Å². The number of rotatable bonds is 4. The minimum Gasteiger partial charge on any atom is -0.477 e. The van der Waals surface area contributed by atoms with Gasteiger partial charge in [0, 0.05) is 18.6 Å². The molecule has 1 heterocycles. The minimum absolute atomic E-state index is 0.0351. The SMILES string of the molecule is CN(Cc1cccc(Cl)c1)c1nc(C(=O)O)ccc1N. The lowest BCUT2D eigenvalue weighted by atomic mass is 10.2. The lowest BCUT2D eigenvalue weighted by Crippen LogP contribution is -2.20. The maximum Gasteiger partial charge on any atom is 0.354 e. The maximum atomic E-state index is 11.0. The summed E-state index contributed by atoms with van der Waals surface area (Å²) in [5.74, 6) is -0.646. The van der Waals surface area contributed by atoms with Crippen LogP contribution in [0.4, 0.5) is 11.5 Å². The van der Waals surface area contributed by atoms with Crippen LogP contribution in [0.3, 0.4) is 0 Å². The molecule has 0 fully saturated rings. The Morgan fingerprint density at radius 2 is 2.15 bits per heavy atom. The summed E-state index contributed by atoms with van der Waals surface area (Å²) in [7, 11) is 1.80. The first kappa shape index (κ1) is 14.1. The van der Waals surface area contributed by atoms with Crippen molar-refractivity contribution in [1.82, 2.24) is 4.98 Å². The number of hydrogen-bond acceptors (Lipinski definition) is 4. The molecule has 0 bridgehead atoms.